The van der Waals surface area contributed by atoms with Crippen LogP contribution in [0.15, 0.2) is 4.99 Å². The topological polar surface area (TPSA) is 27.6 Å². The number of aliphatic imine (C=N–C) groups is 1. The summed E-state index contributed by atoms with van der Waals surface area (Å²) in [5, 5.41) is 2.14. The average Bonchev–Trinajstić information content (AvgIpc) is 2.27. The molecule has 3 heteroatoms. The minimum Gasteiger partial charge on any atom is -0.277 e. The van der Waals surface area contributed by atoms with E-state index >= 15 is 0 Å². The van der Waals surface area contributed by atoms with E-state index in [0.717, 1.165) is 18.9 Å². The molecule has 0 saturated carbocycles. The number of hydrogen-bond acceptors (Lipinski definition) is 3. The zero-order chi connectivity index (χ0) is 6.97. The Bertz CT molecular complexity index is 155. The second-order valence-electron chi connectivity index (χ2n) is 3.12. The fraction of sp³-hybridized carbons (Fsp3) is 0.857. The van der Waals surface area contributed by atoms with Crippen LogP contribution in [0.2, 0.25) is 0 Å². The zero-order valence-corrected chi connectivity index (χ0v) is 6.25. The van der Waals surface area contributed by atoms with Crippen molar-refractivity contribution in [3.05, 3.63) is 0 Å². The van der Waals surface area contributed by atoms with Crippen LogP contribution >= 0.6 is 0 Å². The summed E-state index contributed by atoms with van der Waals surface area (Å²) in [4.78, 5) is 4.36. The molecule has 0 radical (unpaired) electrons. The van der Waals surface area contributed by atoms with Crippen molar-refractivity contribution in [3.8, 4) is 0 Å². The van der Waals surface area contributed by atoms with Crippen LogP contribution in [-0.4, -0.2) is 31.0 Å². The van der Waals surface area contributed by atoms with Crippen LogP contribution < -0.4 is 5.43 Å². The van der Waals surface area contributed by atoms with Gasteiger partial charge in [-0.05, 0) is 12.8 Å². The molecule has 0 aliphatic carbocycles. The van der Waals surface area contributed by atoms with Crippen LogP contribution in [0.25, 0.3) is 0 Å². The van der Waals surface area contributed by atoms with E-state index in [4.69, 9.17) is 0 Å². The van der Waals surface area contributed by atoms with Crippen molar-refractivity contribution in [3.63, 3.8) is 0 Å². The lowest BCUT2D eigenvalue weighted by molar-refractivity contribution is 0.294. The van der Waals surface area contributed by atoms with Gasteiger partial charge in [-0.2, -0.15) is 0 Å². The van der Waals surface area contributed by atoms with Gasteiger partial charge in [-0.25, -0.2) is 10.4 Å². The van der Waals surface area contributed by atoms with Gasteiger partial charge in [-0.3, -0.25) is 4.99 Å². The van der Waals surface area contributed by atoms with Crippen LogP contribution in [0.5, 0.6) is 0 Å². The molecule has 0 amide bonds. The molecule has 0 aromatic carbocycles. The maximum absolute atomic E-state index is 4.36. The zero-order valence-electron chi connectivity index (χ0n) is 6.25. The molecule has 2 unspecified atom stereocenters. The standard InChI is InChI=1S/C7H13N3/c1-10-5-6-3-2-4-8-7(6)9-10/h4,6-7,9H,2-3,5H2,1H3. The third-order valence-electron chi connectivity index (χ3n) is 2.24. The van der Waals surface area contributed by atoms with E-state index < -0.39 is 0 Å². The highest BCUT2D eigenvalue weighted by molar-refractivity contribution is 5.58. The number of nitrogens with one attached hydrogen (secondary N) is 1. The fourth-order valence-corrected chi connectivity index (χ4v) is 1.72. The van der Waals surface area contributed by atoms with E-state index in [1.165, 1.54) is 6.42 Å². The summed E-state index contributed by atoms with van der Waals surface area (Å²) < 4.78 is 0. The molecule has 0 bridgehead atoms. The van der Waals surface area contributed by atoms with Gasteiger partial charge in [-0.15, -0.1) is 0 Å². The number of fused-ring (bicyclic) bond motifs is 1. The number of hydrazine groups is 1. The molecule has 0 aromatic heterocycles. The Kier molecular flexibility index (Phi) is 1.47. The van der Waals surface area contributed by atoms with E-state index in [2.05, 4.69) is 22.5 Å². The van der Waals surface area contributed by atoms with Crippen molar-refractivity contribution in [2.75, 3.05) is 13.6 Å². The Labute approximate surface area is 61.1 Å². The van der Waals surface area contributed by atoms with Crippen molar-refractivity contribution in [1.29, 1.82) is 0 Å². The molecular weight excluding hydrogens is 126 g/mol. The lowest BCUT2D eigenvalue weighted by Gasteiger charge is -2.16. The van der Waals surface area contributed by atoms with Gasteiger partial charge in [0, 0.05) is 25.7 Å². The van der Waals surface area contributed by atoms with Crippen LogP contribution in [0.3, 0.4) is 0 Å². The molecule has 2 aliphatic rings. The molecule has 2 heterocycles. The van der Waals surface area contributed by atoms with Crippen LogP contribution in [0.4, 0.5) is 0 Å². The van der Waals surface area contributed by atoms with Gasteiger partial charge in [0.2, 0.25) is 0 Å². The molecule has 10 heavy (non-hydrogen) atoms. The second kappa shape index (κ2) is 2.32. The van der Waals surface area contributed by atoms with Gasteiger partial charge in [0.25, 0.3) is 0 Å². The van der Waals surface area contributed by atoms with Crippen molar-refractivity contribution >= 4 is 6.21 Å². The maximum atomic E-state index is 4.36. The summed E-state index contributed by atoms with van der Waals surface area (Å²) in [6.07, 6.45) is 4.88. The molecule has 56 valence electrons. The van der Waals surface area contributed by atoms with Gasteiger partial charge in [0.15, 0.2) is 0 Å². The van der Waals surface area contributed by atoms with Gasteiger partial charge < -0.3 is 0 Å². The summed E-state index contributed by atoms with van der Waals surface area (Å²) >= 11 is 0. The Morgan fingerprint density at radius 3 is 3.40 bits per heavy atom. The lowest BCUT2D eigenvalue weighted by atomic mass is 10.00. The summed E-state index contributed by atoms with van der Waals surface area (Å²) in [5.41, 5.74) is 3.29. The molecule has 2 atom stereocenters. The van der Waals surface area contributed by atoms with Crippen molar-refractivity contribution < 1.29 is 0 Å². The van der Waals surface area contributed by atoms with Crippen molar-refractivity contribution in [2.45, 2.75) is 19.0 Å². The minimum absolute atomic E-state index is 0.388. The Balaban J connectivity index is 2.08. The smallest absolute Gasteiger partial charge is 0.116 e. The first-order chi connectivity index (χ1) is 4.86. The summed E-state index contributed by atoms with van der Waals surface area (Å²) in [5.74, 6) is 0.759. The quantitative estimate of drug-likeness (QED) is 0.520. The van der Waals surface area contributed by atoms with Crippen molar-refractivity contribution in [1.82, 2.24) is 10.4 Å². The molecule has 0 aromatic rings. The van der Waals surface area contributed by atoms with Crippen LogP contribution in [0.1, 0.15) is 12.8 Å². The van der Waals surface area contributed by atoms with Crippen LogP contribution in [0, 0.1) is 5.92 Å². The summed E-state index contributed by atoms with van der Waals surface area (Å²) in [7, 11) is 2.08. The SMILES string of the molecule is CN1CC2CCC=NC2N1. The highest BCUT2D eigenvalue weighted by Crippen LogP contribution is 2.21. The Morgan fingerprint density at radius 2 is 2.60 bits per heavy atom. The van der Waals surface area contributed by atoms with Crippen LogP contribution in [-0.2, 0) is 0 Å². The predicted octanol–water partition coefficient (Wildman–Crippen LogP) is 0.243. The van der Waals surface area contributed by atoms with E-state index in [0.29, 0.717) is 6.17 Å². The molecule has 1 fully saturated rings. The predicted molar refractivity (Wildman–Crippen MR) is 40.8 cm³/mol. The summed E-state index contributed by atoms with van der Waals surface area (Å²) in [6.45, 7) is 1.15. The second-order valence-corrected chi connectivity index (χ2v) is 3.12. The average molecular weight is 139 g/mol. The highest BCUT2D eigenvalue weighted by Gasteiger charge is 2.30. The lowest BCUT2D eigenvalue weighted by Crippen LogP contribution is -2.32. The first-order valence-corrected chi connectivity index (χ1v) is 3.85. The highest BCUT2D eigenvalue weighted by atomic mass is 15.6. The third kappa shape index (κ3) is 0.954. The molecule has 0 spiro atoms. The largest absolute Gasteiger partial charge is 0.277 e. The first kappa shape index (κ1) is 6.31. The Morgan fingerprint density at radius 1 is 1.70 bits per heavy atom. The van der Waals surface area contributed by atoms with Gasteiger partial charge in [0.1, 0.15) is 6.17 Å². The summed E-state index contributed by atoms with van der Waals surface area (Å²) in [6, 6.07) is 0. The molecule has 1 N–H and O–H groups in total. The maximum Gasteiger partial charge on any atom is 0.116 e. The van der Waals surface area contributed by atoms with Gasteiger partial charge in [-0.1, -0.05) is 0 Å². The number of nitrogens with zero attached hydrogens (tertiary/aromatic N) is 2. The van der Waals surface area contributed by atoms with Gasteiger partial charge in [0.05, 0.1) is 0 Å². The Hall–Kier alpha value is -0.410. The molecule has 3 nitrogen and oxygen atoms in total. The molecule has 2 aliphatic heterocycles. The third-order valence-corrected chi connectivity index (χ3v) is 2.24. The fourth-order valence-electron chi connectivity index (χ4n) is 1.72. The number of hydrogen-bond donors (Lipinski definition) is 1. The van der Waals surface area contributed by atoms with Gasteiger partial charge >= 0.3 is 0 Å². The monoisotopic (exact) mass is 139 g/mol. The number of rotatable bonds is 0. The first-order valence-electron chi connectivity index (χ1n) is 3.85. The normalized spacial score (nSPS) is 40.1. The molecular formula is C7H13N3. The van der Waals surface area contributed by atoms with E-state index in [-0.39, 0.29) is 0 Å². The van der Waals surface area contributed by atoms with E-state index in [1.54, 1.807) is 0 Å². The van der Waals surface area contributed by atoms with E-state index in [9.17, 15) is 0 Å². The molecule has 1 saturated heterocycles. The molecule has 2 rings (SSSR count). The minimum atomic E-state index is 0.388. The van der Waals surface area contributed by atoms with E-state index in [1.807, 2.05) is 6.21 Å². The van der Waals surface area contributed by atoms with Crippen molar-refractivity contribution in [2.24, 2.45) is 10.9 Å².